The minimum absolute atomic E-state index is 0.0201. The molecule has 11 heteroatoms. The highest BCUT2D eigenvalue weighted by atomic mass is 35.5. The third-order valence-corrected chi connectivity index (χ3v) is 8.07. The second-order valence-electron chi connectivity index (χ2n) is 8.83. The Bertz CT molecular complexity index is 1800. The summed E-state index contributed by atoms with van der Waals surface area (Å²) in [5.74, 6) is -1.83. The van der Waals surface area contributed by atoms with Gasteiger partial charge in [0, 0.05) is 22.5 Å². The topological polar surface area (TPSA) is 107 Å². The average molecular weight is 590 g/mol. The zero-order valence-electron chi connectivity index (χ0n) is 21.2. The Balaban J connectivity index is 1.15. The van der Waals surface area contributed by atoms with Gasteiger partial charge in [0.05, 0.1) is 27.2 Å². The van der Waals surface area contributed by atoms with E-state index in [9.17, 15) is 22.4 Å². The van der Waals surface area contributed by atoms with Crippen molar-refractivity contribution in [3.63, 3.8) is 0 Å². The quantitative estimate of drug-likeness (QED) is 0.177. The van der Waals surface area contributed by atoms with Crippen molar-refractivity contribution >= 4 is 39.0 Å². The molecule has 0 radical (unpaired) electrons. The maximum absolute atomic E-state index is 13.1. The molecule has 41 heavy (non-hydrogen) atoms. The summed E-state index contributed by atoms with van der Waals surface area (Å²) in [7, 11) is -3.85. The van der Waals surface area contributed by atoms with Gasteiger partial charge in [-0.15, -0.1) is 0 Å². The molecular formula is C30H21ClFN3O5S. The standard InChI is InChI=1S/C30H21ClFN3O5S/c31-23-5-1-20(2-6-23)22-17-33-35(18-22)26-11-3-21(4-12-26)30(37)40-19-29(36)34-25-9-15-28(16-10-25)41(38,39)27-13-7-24(32)8-14-27/h1-18H,19H2,(H,34,36). The Morgan fingerprint density at radius 2 is 1.44 bits per heavy atom. The molecule has 0 saturated carbocycles. The van der Waals surface area contributed by atoms with Crippen LogP contribution in [0, 0.1) is 5.82 Å². The summed E-state index contributed by atoms with van der Waals surface area (Å²) >= 11 is 5.95. The number of nitrogens with one attached hydrogen (secondary N) is 1. The molecule has 0 aliphatic rings. The van der Waals surface area contributed by atoms with E-state index in [-0.39, 0.29) is 15.4 Å². The molecule has 0 unspecified atom stereocenters. The second-order valence-corrected chi connectivity index (χ2v) is 11.2. The van der Waals surface area contributed by atoms with E-state index >= 15 is 0 Å². The molecule has 1 heterocycles. The van der Waals surface area contributed by atoms with Crippen molar-refractivity contribution in [2.45, 2.75) is 9.79 Å². The van der Waals surface area contributed by atoms with Gasteiger partial charge in [-0.25, -0.2) is 22.3 Å². The van der Waals surface area contributed by atoms with Crippen molar-refractivity contribution in [1.29, 1.82) is 0 Å². The molecule has 0 aliphatic carbocycles. The van der Waals surface area contributed by atoms with Gasteiger partial charge in [-0.1, -0.05) is 23.7 Å². The second kappa shape index (κ2) is 11.7. The van der Waals surface area contributed by atoms with Gasteiger partial charge < -0.3 is 10.1 Å². The number of hydrogen-bond donors (Lipinski definition) is 1. The highest BCUT2D eigenvalue weighted by molar-refractivity contribution is 7.91. The highest BCUT2D eigenvalue weighted by Gasteiger charge is 2.18. The summed E-state index contributed by atoms with van der Waals surface area (Å²) < 4.78 is 45.3. The Morgan fingerprint density at radius 1 is 0.829 bits per heavy atom. The van der Waals surface area contributed by atoms with Crippen molar-refractivity contribution in [2.24, 2.45) is 0 Å². The first-order valence-electron chi connectivity index (χ1n) is 12.2. The molecule has 1 N–H and O–H groups in total. The first-order valence-corrected chi connectivity index (χ1v) is 14.0. The van der Waals surface area contributed by atoms with Gasteiger partial charge >= 0.3 is 5.97 Å². The molecule has 5 aromatic rings. The van der Waals surface area contributed by atoms with Crippen LogP contribution in [0.15, 0.2) is 119 Å². The van der Waals surface area contributed by atoms with Gasteiger partial charge in [-0.05, 0) is 90.5 Å². The number of benzene rings is 4. The minimum Gasteiger partial charge on any atom is -0.452 e. The third kappa shape index (κ3) is 6.51. The SMILES string of the molecule is O=C(COC(=O)c1ccc(-n2cc(-c3ccc(Cl)cc3)cn2)cc1)Nc1ccc(S(=O)(=O)c2ccc(F)cc2)cc1. The van der Waals surface area contributed by atoms with Crippen molar-refractivity contribution in [2.75, 3.05) is 11.9 Å². The van der Waals surface area contributed by atoms with Crippen molar-refractivity contribution in [3.05, 3.63) is 126 Å². The third-order valence-electron chi connectivity index (χ3n) is 6.03. The van der Waals surface area contributed by atoms with Gasteiger partial charge in [0.2, 0.25) is 9.84 Å². The van der Waals surface area contributed by atoms with E-state index in [2.05, 4.69) is 10.4 Å². The van der Waals surface area contributed by atoms with Crippen LogP contribution < -0.4 is 5.32 Å². The molecule has 5 rings (SSSR count). The number of esters is 1. The lowest BCUT2D eigenvalue weighted by Crippen LogP contribution is -2.21. The molecule has 0 fully saturated rings. The number of amides is 1. The summed E-state index contributed by atoms with van der Waals surface area (Å²) in [4.78, 5) is 24.7. The summed E-state index contributed by atoms with van der Waals surface area (Å²) in [6.45, 7) is -0.542. The molecule has 0 atom stereocenters. The summed E-state index contributed by atoms with van der Waals surface area (Å²) in [5, 5.41) is 7.55. The van der Waals surface area contributed by atoms with E-state index in [1.807, 2.05) is 18.3 Å². The van der Waals surface area contributed by atoms with Crippen LogP contribution in [0.25, 0.3) is 16.8 Å². The predicted octanol–water partition coefficient (Wildman–Crippen LogP) is 5.96. The van der Waals surface area contributed by atoms with Crippen LogP contribution in [0.2, 0.25) is 5.02 Å². The van der Waals surface area contributed by atoms with Crippen LogP contribution in [0.3, 0.4) is 0 Å². The van der Waals surface area contributed by atoms with Crippen LogP contribution in [-0.4, -0.2) is 36.7 Å². The monoisotopic (exact) mass is 589 g/mol. The first-order chi connectivity index (χ1) is 19.7. The minimum atomic E-state index is -3.85. The lowest BCUT2D eigenvalue weighted by Gasteiger charge is -2.09. The molecule has 206 valence electrons. The van der Waals surface area contributed by atoms with Gasteiger partial charge in [0.15, 0.2) is 6.61 Å². The fourth-order valence-electron chi connectivity index (χ4n) is 3.88. The fraction of sp³-hybridized carbons (Fsp3) is 0.0333. The maximum atomic E-state index is 13.1. The normalized spacial score (nSPS) is 11.2. The maximum Gasteiger partial charge on any atom is 0.338 e. The number of anilines is 1. The predicted molar refractivity (Wildman–Crippen MR) is 151 cm³/mol. The van der Waals surface area contributed by atoms with E-state index < -0.39 is 34.1 Å². The summed E-state index contributed by atoms with van der Waals surface area (Å²) in [5.41, 5.74) is 3.16. The Hall–Kier alpha value is -4.80. The molecule has 0 saturated heterocycles. The zero-order chi connectivity index (χ0) is 29.0. The molecule has 4 aromatic carbocycles. The van der Waals surface area contributed by atoms with E-state index in [0.717, 1.165) is 28.9 Å². The number of carbonyl (C=O) groups excluding carboxylic acids is 2. The van der Waals surface area contributed by atoms with Crippen molar-refractivity contribution in [1.82, 2.24) is 9.78 Å². The van der Waals surface area contributed by atoms with Crippen LogP contribution in [0.5, 0.6) is 0 Å². The number of carbonyl (C=O) groups is 2. The Labute approximate surface area is 239 Å². The smallest absolute Gasteiger partial charge is 0.338 e. The van der Waals surface area contributed by atoms with Crippen LogP contribution in [-0.2, 0) is 19.4 Å². The number of sulfone groups is 1. The van der Waals surface area contributed by atoms with E-state index in [0.29, 0.717) is 10.7 Å². The largest absolute Gasteiger partial charge is 0.452 e. The number of hydrogen-bond acceptors (Lipinski definition) is 6. The molecular weight excluding hydrogens is 569 g/mol. The van der Waals surface area contributed by atoms with Gasteiger partial charge in [-0.3, -0.25) is 4.79 Å². The number of rotatable bonds is 8. The van der Waals surface area contributed by atoms with Gasteiger partial charge in [-0.2, -0.15) is 5.10 Å². The van der Waals surface area contributed by atoms with Gasteiger partial charge in [0.25, 0.3) is 5.91 Å². The number of nitrogens with zero attached hydrogens (tertiary/aromatic N) is 2. The average Bonchev–Trinajstić information content (AvgIpc) is 3.47. The first kappa shape index (κ1) is 27.8. The lowest BCUT2D eigenvalue weighted by molar-refractivity contribution is -0.119. The van der Waals surface area contributed by atoms with Crippen molar-refractivity contribution in [3.8, 4) is 16.8 Å². The van der Waals surface area contributed by atoms with Crippen LogP contribution >= 0.6 is 11.6 Å². The molecule has 0 spiro atoms. The van der Waals surface area contributed by atoms with Gasteiger partial charge in [0.1, 0.15) is 5.82 Å². The lowest BCUT2D eigenvalue weighted by atomic mass is 10.1. The number of halogens is 2. The number of aromatic nitrogens is 2. The number of ether oxygens (including phenoxy) is 1. The summed E-state index contributed by atoms with van der Waals surface area (Å²) in [6.07, 6.45) is 3.58. The zero-order valence-corrected chi connectivity index (χ0v) is 22.8. The van der Waals surface area contributed by atoms with Crippen LogP contribution in [0.1, 0.15) is 10.4 Å². The van der Waals surface area contributed by atoms with E-state index in [1.165, 1.54) is 36.4 Å². The highest BCUT2D eigenvalue weighted by Crippen LogP contribution is 2.24. The van der Waals surface area contributed by atoms with Crippen molar-refractivity contribution < 1.29 is 27.1 Å². The molecule has 0 bridgehead atoms. The molecule has 0 aliphatic heterocycles. The fourth-order valence-corrected chi connectivity index (χ4v) is 5.27. The molecule has 1 aromatic heterocycles. The molecule has 8 nitrogen and oxygen atoms in total. The Morgan fingerprint density at radius 3 is 2.07 bits per heavy atom. The van der Waals surface area contributed by atoms with Crippen LogP contribution in [0.4, 0.5) is 10.1 Å². The Kier molecular flexibility index (Phi) is 7.95. The van der Waals surface area contributed by atoms with E-state index in [4.69, 9.17) is 16.3 Å². The van der Waals surface area contributed by atoms with E-state index in [1.54, 1.807) is 47.3 Å². The molecule has 1 amide bonds. The summed E-state index contributed by atoms with van der Waals surface area (Å²) in [6, 6.07) is 23.9.